The van der Waals surface area contributed by atoms with Crippen molar-refractivity contribution >= 4 is 27.6 Å². The molecule has 1 aliphatic heterocycles. The van der Waals surface area contributed by atoms with Crippen molar-refractivity contribution in [1.29, 1.82) is 0 Å². The van der Waals surface area contributed by atoms with Crippen molar-refractivity contribution in [2.75, 3.05) is 0 Å². The first-order valence-electron chi connectivity index (χ1n) is 16.9. The third-order valence-corrected chi connectivity index (χ3v) is 10.1. The molecule has 0 aromatic heterocycles. The second-order valence-corrected chi connectivity index (χ2v) is 13.1. The minimum Gasteiger partial charge on any atom is -0.279 e. The molecule has 3 heteroatoms. The minimum absolute atomic E-state index is 0.0636. The highest BCUT2D eigenvalue weighted by Gasteiger charge is 2.33. The first-order chi connectivity index (χ1) is 23.7. The number of rotatable bonds is 3. The van der Waals surface area contributed by atoms with Gasteiger partial charge < -0.3 is 0 Å². The maximum absolute atomic E-state index is 4.20. The van der Waals surface area contributed by atoms with Crippen LogP contribution in [0, 0.1) is 0 Å². The smallest absolute Gasteiger partial charge is 0.0870 e. The van der Waals surface area contributed by atoms with Gasteiger partial charge in [-0.3, -0.25) is 16.0 Å². The molecule has 232 valence electrons. The molecule has 0 amide bonds. The number of hydrogen-bond donors (Lipinski definition) is 3. The SMILES string of the molecule is C=C1/C=C\C=C/Cc2ccc3cc(C4NC(c5ccc6ccccc6c5)NC(c5cccc6c5-c5ccccc5C6)N4)ccc3c2/C=C\1. The molecule has 6 aromatic rings. The quantitative estimate of drug-likeness (QED) is 0.184. The Morgan fingerprint density at radius 3 is 2.17 bits per heavy atom. The van der Waals surface area contributed by atoms with Crippen LogP contribution >= 0.6 is 0 Å². The van der Waals surface area contributed by atoms with Crippen molar-refractivity contribution < 1.29 is 0 Å². The fourth-order valence-electron chi connectivity index (χ4n) is 7.73. The number of nitrogens with one attached hydrogen (secondary N) is 3. The summed E-state index contributed by atoms with van der Waals surface area (Å²) in [4.78, 5) is 0. The Kier molecular flexibility index (Phi) is 7.24. The highest BCUT2D eigenvalue weighted by Crippen LogP contribution is 2.42. The van der Waals surface area contributed by atoms with E-state index in [4.69, 9.17) is 0 Å². The Bertz CT molecular complexity index is 2320. The Labute approximate surface area is 282 Å². The average Bonchev–Trinajstić information content (AvgIpc) is 3.52. The van der Waals surface area contributed by atoms with Gasteiger partial charge in [0.15, 0.2) is 0 Å². The van der Waals surface area contributed by atoms with Crippen LogP contribution in [0.1, 0.15) is 57.4 Å². The topological polar surface area (TPSA) is 36.1 Å². The van der Waals surface area contributed by atoms with Gasteiger partial charge in [0.25, 0.3) is 0 Å². The fraction of sp³-hybridized carbons (Fsp3) is 0.111. The number of fused-ring (bicyclic) bond motifs is 7. The fourth-order valence-corrected chi connectivity index (χ4v) is 7.73. The van der Waals surface area contributed by atoms with Gasteiger partial charge in [-0.05, 0) is 102 Å². The molecule has 3 unspecified atom stereocenters. The lowest BCUT2D eigenvalue weighted by Crippen LogP contribution is -2.54. The van der Waals surface area contributed by atoms with Crippen molar-refractivity contribution in [3.05, 3.63) is 197 Å². The molecule has 0 radical (unpaired) electrons. The van der Waals surface area contributed by atoms with E-state index >= 15 is 0 Å². The summed E-state index contributed by atoms with van der Waals surface area (Å²) in [5.41, 5.74) is 12.8. The molecule has 1 saturated heterocycles. The third kappa shape index (κ3) is 5.23. The number of benzene rings is 6. The first kappa shape index (κ1) is 28.9. The molecule has 3 aliphatic rings. The lowest BCUT2D eigenvalue weighted by atomic mass is 9.93. The molecular weight excluding hydrogens is 583 g/mol. The molecule has 3 nitrogen and oxygen atoms in total. The van der Waals surface area contributed by atoms with Crippen LogP contribution in [0.2, 0.25) is 0 Å². The van der Waals surface area contributed by atoms with Crippen molar-refractivity contribution in [2.45, 2.75) is 31.3 Å². The van der Waals surface area contributed by atoms with Gasteiger partial charge in [0, 0.05) is 0 Å². The Hall–Kier alpha value is -5.32. The van der Waals surface area contributed by atoms with E-state index in [1.165, 1.54) is 71.6 Å². The van der Waals surface area contributed by atoms with Gasteiger partial charge in [0.2, 0.25) is 0 Å². The highest BCUT2D eigenvalue weighted by molar-refractivity contribution is 5.93. The second-order valence-electron chi connectivity index (χ2n) is 13.1. The molecule has 2 aliphatic carbocycles. The Balaban J connectivity index is 1.13. The van der Waals surface area contributed by atoms with E-state index in [0.717, 1.165) is 18.4 Å². The molecule has 48 heavy (non-hydrogen) atoms. The van der Waals surface area contributed by atoms with E-state index in [9.17, 15) is 0 Å². The van der Waals surface area contributed by atoms with Gasteiger partial charge in [-0.2, -0.15) is 0 Å². The molecule has 3 N–H and O–H groups in total. The maximum Gasteiger partial charge on any atom is 0.0870 e. The van der Waals surface area contributed by atoms with E-state index in [1.54, 1.807) is 0 Å². The monoisotopic (exact) mass is 619 g/mol. The van der Waals surface area contributed by atoms with E-state index in [0.29, 0.717) is 0 Å². The molecule has 1 fully saturated rings. The van der Waals surface area contributed by atoms with Gasteiger partial charge in [-0.15, -0.1) is 0 Å². The van der Waals surface area contributed by atoms with Crippen molar-refractivity contribution in [3.8, 4) is 11.1 Å². The third-order valence-electron chi connectivity index (χ3n) is 10.1. The van der Waals surface area contributed by atoms with Gasteiger partial charge >= 0.3 is 0 Å². The summed E-state index contributed by atoms with van der Waals surface area (Å²) in [6, 6.07) is 42.5. The number of allylic oxidation sites excluding steroid dienone is 6. The first-order valence-corrected chi connectivity index (χ1v) is 16.9. The van der Waals surface area contributed by atoms with Gasteiger partial charge in [-0.1, -0.05) is 146 Å². The summed E-state index contributed by atoms with van der Waals surface area (Å²) in [6.07, 6.45) is 14.4. The largest absolute Gasteiger partial charge is 0.279 e. The highest BCUT2D eigenvalue weighted by atomic mass is 15.4. The average molecular weight is 620 g/mol. The normalized spacial score (nSPS) is 22.1. The van der Waals surface area contributed by atoms with E-state index in [2.05, 4.69) is 174 Å². The van der Waals surface area contributed by atoms with Crippen LogP contribution in [0.25, 0.3) is 38.7 Å². The van der Waals surface area contributed by atoms with E-state index in [1.807, 2.05) is 0 Å². The molecule has 3 atom stereocenters. The van der Waals surface area contributed by atoms with Crippen LogP contribution in [0.5, 0.6) is 0 Å². The predicted octanol–water partition coefficient (Wildman–Crippen LogP) is 9.98. The van der Waals surface area contributed by atoms with Crippen molar-refractivity contribution in [3.63, 3.8) is 0 Å². The lowest BCUT2D eigenvalue weighted by Gasteiger charge is -2.40. The van der Waals surface area contributed by atoms with Crippen LogP contribution in [0.15, 0.2) is 158 Å². The molecule has 9 rings (SSSR count). The minimum atomic E-state index is -0.0817. The zero-order chi connectivity index (χ0) is 32.0. The molecule has 0 bridgehead atoms. The summed E-state index contributed by atoms with van der Waals surface area (Å²) in [6.45, 7) is 4.20. The zero-order valence-electron chi connectivity index (χ0n) is 26.8. The molecule has 1 heterocycles. The van der Waals surface area contributed by atoms with Crippen LogP contribution < -0.4 is 16.0 Å². The molecule has 0 saturated carbocycles. The Morgan fingerprint density at radius 1 is 0.542 bits per heavy atom. The lowest BCUT2D eigenvalue weighted by molar-refractivity contribution is 0.204. The summed E-state index contributed by atoms with van der Waals surface area (Å²) >= 11 is 0. The summed E-state index contributed by atoms with van der Waals surface area (Å²) in [7, 11) is 0. The van der Waals surface area contributed by atoms with Gasteiger partial charge in [0.05, 0.1) is 18.5 Å². The summed E-state index contributed by atoms with van der Waals surface area (Å²) in [5.74, 6) is 0. The standard InChI is InChI=1S/C45H37N3/c1-29-10-3-2-4-12-31-20-21-34-28-37(23-25-39(34)38(31)24-18-29)44-46-43(36-22-19-30-11-5-6-13-32(30)26-36)47-45(48-44)41-17-9-15-35-27-33-14-7-8-16-40(33)42(35)41/h2-11,13-26,28,43-48H,1,12,27H2/b4-2-,10-3-,24-18-. The van der Waals surface area contributed by atoms with Crippen LogP contribution in [0.4, 0.5) is 0 Å². The van der Waals surface area contributed by atoms with Crippen LogP contribution in [-0.2, 0) is 12.8 Å². The molecule has 6 aromatic carbocycles. The van der Waals surface area contributed by atoms with Crippen LogP contribution in [-0.4, -0.2) is 0 Å². The van der Waals surface area contributed by atoms with Crippen LogP contribution in [0.3, 0.4) is 0 Å². The van der Waals surface area contributed by atoms with Crippen molar-refractivity contribution in [1.82, 2.24) is 16.0 Å². The maximum atomic E-state index is 4.20. The summed E-state index contributed by atoms with van der Waals surface area (Å²) in [5, 5.41) is 16.9. The van der Waals surface area contributed by atoms with Gasteiger partial charge in [0.1, 0.15) is 0 Å². The van der Waals surface area contributed by atoms with E-state index in [-0.39, 0.29) is 18.5 Å². The second kappa shape index (κ2) is 12.0. The molecular formula is C45H37N3. The summed E-state index contributed by atoms with van der Waals surface area (Å²) < 4.78 is 0. The predicted molar refractivity (Wildman–Crippen MR) is 200 cm³/mol. The molecule has 0 spiro atoms. The van der Waals surface area contributed by atoms with Gasteiger partial charge in [-0.25, -0.2) is 0 Å². The van der Waals surface area contributed by atoms with Crippen molar-refractivity contribution in [2.24, 2.45) is 0 Å². The number of hydrogen-bond acceptors (Lipinski definition) is 3. The zero-order valence-corrected chi connectivity index (χ0v) is 26.8. The Morgan fingerprint density at radius 2 is 1.27 bits per heavy atom. The van der Waals surface area contributed by atoms with E-state index < -0.39 is 0 Å².